The lowest BCUT2D eigenvalue weighted by Crippen LogP contribution is -2.44. The number of H-pyrrole nitrogens is 1. The van der Waals surface area contributed by atoms with Crippen molar-refractivity contribution in [2.45, 2.75) is 26.1 Å². The number of hydrogen-bond donors (Lipinski definition) is 3. The highest BCUT2D eigenvalue weighted by molar-refractivity contribution is 5.89. The molecule has 1 aliphatic rings. The predicted molar refractivity (Wildman–Crippen MR) is 75.3 cm³/mol. The zero-order chi connectivity index (χ0) is 14.7. The number of nitrogens with zero attached hydrogens (tertiary/aromatic N) is 1. The summed E-state index contributed by atoms with van der Waals surface area (Å²) in [7, 11) is 1.86. The average molecular weight is 278 g/mol. The van der Waals surface area contributed by atoms with Crippen LogP contribution in [0.4, 0.5) is 5.82 Å². The van der Waals surface area contributed by atoms with Crippen LogP contribution < -0.4 is 10.7 Å². The van der Waals surface area contributed by atoms with Gasteiger partial charge < -0.3 is 20.4 Å². The number of aromatic nitrogens is 1. The summed E-state index contributed by atoms with van der Waals surface area (Å²) < 4.78 is 4.86. The Labute approximate surface area is 116 Å². The number of carbonyl (C=O) groups is 1. The predicted octanol–water partition coefficient (Wildman–Crippen LogP) is 0.775. The van der Waals surface area contributed by atoms with Gasteiger partial charge in [0.05, 0.1) is 18.3 Å². The quantitative estimate of drug-likeness (QED) is 0.558. The van der Waals surface area contributed by atoms with Gasteiger partial charge in [-0.25, -0.2) is 4.79 Å². The van der Waals surface area contributed by atoms with Crippen LogP contribution in [0.1, 0.15) is 29.3 Å². The maximum Gasteiger partial charge on any atom is 0.343 e. The minimum absolute atomic E-state index is 0.0197. The van der Waals surface area contributed by atoms with Gasteiger partial charge >= 0.3 is 5.97 Å². The fourth-order valence-electron chi connectivity index (χ4n) is 2.20. The van der Waals surface area contributed by atoms with Crippen molar-refractivity contribution in [1.29, 1.82) is 5.41 Å². The van der Waals surface area contributed by atoms with Crippen LogP contribution in [0.25, 0.3) is 0 Å². The molecule has 0 spiro atoms. The Hall–Kier alpha value is -2.15. The number of anilines is 1. The Morgan fingerprint density at radius 3 is 3.05 bits per heavy atom. The van der Waals surface area contributed by atoms with Crippen molar-refractivity contribution in [3.63, 3.8) is 0 Å². The smallest absolute Gasteiger partial charge is 0.343 e. The SMILES string of the molecule is CCOC(=O)c1c[nH]c2c(c1=O)CN(C)C(CC=N)N2. The molecule has 0 bridgehead atoms. The summed E-state index contributed by atoms with van der Waals surface area (Å²) >= 11 is 0. The molecule has 0 saturated carbocycles. The second-order valence-electron chi connectivity index (χ2n) is 4.62. The van der Waals surface area contributed by atoms with Gasteiger partial charge in [0.2, 0.25) is 5.43 Å². The van der Waals surface area contributed by atoms with E-state index in [9.17, 15) is 9.59 Å². The molecule has 1 aromatic heterocycles. The first kappa shape index (κ1) is 14.3. The van der Waals surface area contributed by atoms with E-state index >= 15 is 0 Å². The molecule has 0 fully saturated rings. The number of rotatable bonds is 4. The maximum atomic E-state index is 12.3. The Kier molecular flexibility index (Phi) is 4.19. The van der Waals surface area contributed by atoms with Gasteiger partial charge in [-0.15, -0.1) is 0 Å². The van der Waals surface area contributed by atoms with Crippen molar-refractivity contribution in [2.24, 2.45) is 0 Å². The molecule has 0 aromatic carbocycles. The number of hydrogen-bond acceptors (Lipinski definition) is 6. The summed E-state index contributed by atoms with van der Waals surface area (Å²) in [6.45, 7) is 2.35. The molecule has 2 heterocycles. The molecule has 0 amide bonds. The summed E-state index contributed by atoms with van der Waals surface area (Å²) in [4.78, 5) is 28.9. The molecule has 1 atom stereocenters. The van der Waals surface area contributed by atoms with Crippen molar-refractivity contribution in [3.8, 4) is 0 Å². The van der Waals surface area contributed by atoms with E-state index in [1.54, 1.807) is 6.92 Å². The topological polar surface area (TPSA) is 98.3 Å². The molecule has 0 radical (unpaired) electrons. The number of esters is 1. The summed E-state index contributed by atoms with van der Waals surface area (Å²) in [6.07, 6.45) is 3.20. The van der Waals surface area contributed by atoms with E-state index in [0.29, 0.717) is 24.3 Å². The van der Waals surface area contributed by atoms with Gasteiger partial charge in [-0.05, 0) is 20.2 Å². The number of ether oxygens (including phenoxy) is 1. The summed E-state index contributed by atoms with van der Waals surface area (Å²) in [5.74, 6) is -0.00573. The van der Waals surface area contributed by atoms with Crippen LogP contribution in [-0.2, 0) is 11.3 Å². The third kappa shape index (κ3) is 2.57. The largest absolute Gasteiger partial charge is 0.462 e. The van der Waals surface area contributed by atoms with Crippen LogP contribution in [0.2, 0.25) is 0 Å². The highest BCUT2D eigenvalue weighted by Crippen LogP contribution is 2.20. The Balaban J connectivity index is 2.35. The molecule has 7 nitrogen and oxygen atoms in total. The maximum absolute atomic E-state index is 12.3. The van der Waals surface area contributed by atoms with E-state index in [4.69, 9.17) is 10.1 Å². The molecule has 2 rings (SSSR count). The zero-order valence-electron chi connectivity index (χ0n) is 11.5. The number of fused-ring (bicyclic) bond motifs is 1. The first-order valence-corrected chi connectivity index (χ1v) is 6.45. The van der Waals surface area contributed by atoms with Gasteiger partial charge in [0.1, 0.15) is 11.4 Å². The molecule has 1 aromatic rings. The van der Waals surface area contributed by atoms with Crippen molar-refractivity contribution in [2.75, 3.05) is 19.0 Å². The average Bonchev–Trinajstić information content (AvgIpc) is 2.41. The summed E-state index contributed by atoms with van der Waals surface area (Å²) in [6, 6.07) is 0. The first-order valence-electron chi connectivity index (χ1n) is 6.45. The standard InChI is InChI=1S/C13H18N4O3/c1-3-20-13(19)8-6-15-12-9(11(8)18)7-17(2)10(16-12)4-5-14/h5-6,10,14H,3-4,7H2,1-2H3,(H2,15,16,18). The monoisotopic (exact) mass is 278 g/mol. The lowest BCUT2D eigenvalue weighted by atomic mass is 10.1. The van der Waals surface area contributed by atoms with Gasteiger partial charge in [0.15, 0.2) is 0 Å². The van der Waals surface area contributed by atoms with E-state index in [0.717, 1.165) is 0 Å². The number of pyridine rings is 1. The minimum Gasteiger partial charge on any atom is -0.462 e. The van der Waals surface area contributed by atoms with Crippen LogP contribution >= 0.6 is 0 Å². The van der Waals surface area contributed by atoms with Crippen LogP contribution in [-0.4, -0.2) is 41.9 Å². The molecule has 0 aliphatic carbocycles. The van der Waals surface area contributed by atoms with E-state index < -0.39 is 5.97 Å². The lowest BCUT2D eigenvalue weighted by Gasteiger charge is -2.34. The fraction of sp³-hybridized carbons (Fsp3) is 0.462. The molecule has 1 unspecified atom stereocenters. The molecule has 3 N–H and O–H groups in total. The van der Waals surface area contributed by atoms with Crippen molar-refractivity contribution >= 4 is 18.0 Å². The number of aromatic amines is 1. The van der Waals surface area contributed by atoms with Crippen molar-refractivity contribution in [3.05, 3.63) is 27.5 Å². The molecular weight excluding hydrogens is 260 g/mol. The highest BCUT2D eigenvalue weighted by atomic mass is 16.5. The molecule has 20 heavy (non-hydrogen) atoms. The van der Waals surface area contributed by atoms with Gasteiger partial charge in [-0.3, -0.25) is 9.69 Å². The number of nitrogens with one attached hydrogen (secondary N) is 3. The Bertz CT molecular complexity index is 581. The molecule has 108 valence electrons. The third-order valence-corrected chi connectivity index (χ3v) is 3.27. The second kappa shape index (κ2) is 5.87. The second-order valence-corrected chi connectivity index (χ2v) is 4.62. The normalized spacial score (nSPS) is 18.0. The van der Waals surface area contributed by atoms with Crippen LogP contribution in [0.5, 0.6) is 0 Å². The number of carbonyl (C=O) groups excluding carboxylic acids is 1. The third-order valence-electron chi connectivity index (χ3n) is 3.27. The highest BCUT2D eigenvalue weighted by Gasteiger charge is 2.26. The van der Waals surface area contributed by atoms with Gasteiger partial charge in [-0.2, -0.15) is 0 Å². The minimum atomic E-state index is -0.610. The van der Waals surface area contributed by atoms with Crippen molar-refractivity contribution < 1.29 is 9.53 Å². The van der Waals surface area contributed by atoms with Gasteiger partial charge in [0, 0.05) is 19.2 Å². The van der Waals surface area contributed by atoms with Gasteiger partial charge in [0.25, 0.3) is 0 Å². The molecule has 1 aliphatic heterocycles. The Morgan fingerprint density at radius 1 is 1.65 bits per heavy atom. The van der Waals surface area contributed by atoms with Crippen LogP contribution in [0, 0.1) is 5.41 Å². The van der Waals surface area contributed by atoms with E-state index in [1.807, 2.05) is 11.9 Å². The first-order chi connectivity index (χ1) is 9.58. The zero-order valence-corrected chi connectivity index (χ0v) is 11.5. The molecule has 0 saturated heterocycles. The lowest BCUT2D eigenvalue weighted by molar-refractivity contribution is 0.0524. The van der Waals surface area contributed by atoms with E-state index in [1.165, 1.54) is 12.4 Å². The molecule has 7 heteroatoms. The van der Waals surface area contributed by atoms with Crippen molar-refractivity contribution in [1.82, 2.24) is 9.88 Å². The summed E-state index contributed by atoms with van der Waals surface area (Å²) in [5, 5.41) is 10.3. The van der Waals surface area contributed by atoms with Gasteiger partial charge in [-0.1, -0.05) is 0 Å². The molecular formula is C13H18N4O3. The van der Waals surface area contributed by atoms with E-state index in [-0.39, 0.29) is 23.8 Å². The van der Waals surface area contributed by atoms with Crippen LogP contribution in [0.15, 0.2) is 11.0 Å². The van der Waals surface area contributed by atoms with Crippen LogP contribution in [0.3, 0.4) is 0 Å². The van der Waals surface area contributed by atoms with E-state index in [2.05, 4.69) is 10.3 Å². The Morgan fingerprint density at radius 2 is 2.40 bits per heavy atom. The summed E-state index contributed by atoms with van der Waals surface area (Å²) in [5.41, 5.74) is 0.218. The fourth-order valence-corrected chi connectivity index (χ4v) is 2.20.